The Balaban J connectivity index is 1.98. The van der Waals surface area contributed by atoms with Crippen molar-refractivity contribution in [1.29, 1.82) is 0 Å². The molecule has 3 heteroatoms. The summed E-state index contributed by atoms with van der Waals surface area (Å²) in [5.41, 5.74) is 1.20. The number of hydrogen-bond donors (Lipinski definition) is 0. The molecule has 0 amide bonds. The van der Waals surface area contributed by atoms with E-state index in [-0.39, 0.29) is 0 Å². The first kappa shape index (κ1) is 9.87. The standard InChI is InChI=1S/C11H15NOS/c13-9-11-10(4-7-14-11)8-12-5-2-1-3-6-12/h4,7,9H,1-3,5-6,8H2. The van der Waals surface area contributed by atoms with Gasteiger partial charge in [-0.2, -0.15) is 0 Å². The van der Waals surface area contributed by atoms with E-state index in [0.717, 1.165) is 17.7 Å². The minimum Gasteiger partial charge on any atom is -0.299 e. The highest BCUT2D eigenvalue weighted by molar-refractivity contribution is 7.11. The number of likely N-dealkylation sites (tertiary alicyclic amines) is 1. The predicted molar refractivity (Wildman–Crippen MR) is 58.8 cm³/mol. The molecule has 14 heavy (non-hydrogen) atoms. The van der Waals surface area contributed by atoms with Gasteiger partial charge in [0.1, 0.15) is 0 Å². The zero-order valence-corrected chi connectivity index (χ0v) is 9.05. The van der Waals surface area contributed by atoms with Gasteiger partial charge in [0.25, 0.3) is 0 Å². The van der Waals surface area contributed by atoms with Crippen molar-refractivity contribution < 1.29 is 4.79 Å². The van der Waals surface area contributed by atoms with Gasteiger partial charge in [-0.3, -0.25) is 9.69 Å². The maximum atomic E-state index is 10.7. The van der Waals surface area contributed by atoms with Gasteiger partial charge in [-0.15, -0.1) is 11.3 Å². The van der Waals surface area contributed by atoms with E-state index in [1.807, 2.05) is 5.38 Å². The van der Waals surface area contributed by atoms with Crippen molar-refractivity contribution in [1.82, 2.24) is 4.90 Å². The fourth-order valence-electron chi connectivity index (χ4n) is 1.94. The van der Waals surface area contributed by atoms with Crippen LogP contribution in [0.3, 0.4) is 0 Å². The molecule has 2 nitrogen and oxygen atoms in total. The van der Waals surface area contributed by atoms with Gasteiger partial charge in [-0.05, 0) is 42.9 Å². The summed E-state index contributed by atoms with van der Waals surface area (Å²) in [6.07, 6.45) is 4.95. The second kappa shape index (κ2) is 4.71. The first-order valence-corrected chi connectivity index (χ1v) is 6.02. The molecule has 0 aromatic carbocycles. The molecule has 0 aliphatic carbocycles. The average molecular weight is 209 g/mol. The third-order valence-corrected chi connectivity index (χ3v) is 3.61. The fraction of sp³-hybridized carbons (Fsp3) is 0.545. The van der Waals surface area contributed by atoms with Gasteiger partial charge in [0.2, 0.25) is 0 Å². The van der Waals surface area contributed by atoms with Crippen LogP contribution in [-0.4, -0.2) is 24.3 Å². The summed E-state index contributed by atoms with van der Waals surface area (Å²) in [5, 5.41) is 2.00. The number of carbonyl (C=O) groups excluding carboxylic acids is 1. The lowest BCUT2D eigenvalue weighted by Crippen LogP contribution is -2.29. The second-order valence-electron chi connectivity index (χ2n) is 3.76. The molecular weight excluding hydrogens is 194 g/mol. The van der Waals surface area contributed by atoms with Gasteiger partial charge in [-0.1, -0.05) is 6.42 Å². The lowest BCUT2D eigenvalue weighted by Gasteiger charge is -2.26. The number of nitrogens with zero attached hydrogens (tertiary/aromatic N) is 1. The van der Waals surface area contributed by atoms with Crippen LogP contribution >= 0.6 is 11.3 Å². The van der Waals surface area contributed by atoms with E-state index in [9.17, 15) is 4.79 Å². The second-order valence-corrected chi connectivity index (χ2v) is 4.71. The molecule has 0 spiro atoms. The maximum absolute atomic E-state index is 10.7. The molecule has 0 radical (unpaired) electrons. The highest BCUT2D eigenvalue weighted by atomic mass is 32.1. The van der Waals surface area contributed by atoms with E-state index in [0.29, 0.717) is 0 Å². The molecule has 0 N–H and O–H groups in total. The van der Waals surface area contributed by atoms with Gasteiger partial charge in [0.05, 0.1) is 4.88 Å². The van der Waals surface area contributed by atoms with E-state index in [4.69, 9.17) is 0 Å². The summed E-state index contributed by atoms with van der Waals surface area (Å²) in [7, 11) is 0. The molecule has 1 aliphatic rings. The third kappa shape index (κ3) is 2.22. The van der Waals surface area contributed by atoms with Gasteiger partial charge in [-0.25, -0.2) is 0 Å². The first-order chi connectivity index (χ1) is 6.90. The summed E-state index contributed by atoms with van der Waals surface area (Å²) in [5.74, 6) is 0. The topological polar surface area (TPSA) is 20.3 Å². The summed E-state index contributed by atoms with van der Waals surface area (Å²) in [6, 6.07) is 2.07. The summed E-state index contributed by atoms with van der Waals surface area (Å²) >= 11 is 1.54. The molecule has 1 aromatic heterocycles. The number of aldehydes is 1. The molecule has 0 atom stereocenters. The molecule has 1 fully saturated rings. The molecule has 76 valence electrons. The molecule has 1 aliphatic heterocycles. The lowest BCUT2D eigenvalue weighted by molar-refractivity contribution is 0.112. The third-order valence-electron chi connectivity index (χ3n) is 2.73. The van der Waals surface area contributed by atoms with Crippen LogP contribution < -0.4 is 0 Å². The Morgan fingerprint density at radius 2 is 2.14 bits per heavy atom. The summed E-state index contributed by atoms with van der Waals surface area (Å²) < 4.78 is 0. The molecule has 0 bridgehead atoms. The molecule has 2 rings (SSSR count). The van der Waals surface area contributed by atoms with Crippen molar-refractivity contribution in [2.45, 2.75) is 25.8 Å². The monoisotopic (exact) mass is 209 g/mol. The van der Waals surface area contributed by atoms with E-state index >= 15 is 0 Å². The van der Waals surface area contributed by atoms with E-state index in [2.05, 4.69) is 11.0 Å². The van der Waals surface area contributed by atoms with Crippen molar-refractivity contribution in [3.63, 3.8) is 0 Å². The zero-order valence-electron chi connectivity index (χ0n) is 8.24. The zero-order chi connectivity index (χ0) is 9.80. The minimum absolute atomic E-state index is 0.899. The summed E-state index contributed by atoms with van der Waals surface area (Å²) in [4.78, 5) is 14.1. The number of piperidine rings is 1. The van der Waals surface area contributed by atoms with Crippen LogP contribution in [0.2, 0.25) is 0 Å². The van der Waals surface area contributed by atoms with Crippen molar-refractivity contribution in [3.05, 3.63) is 21.9 Å². The normalized spacial score (nSPS) is 18.3. The van der Waals surface area contributed by atoms with Crippen molar-refractivity contribution in [2.75, 3.05) is 13.1 Å². The van der Waals surface area contributed by atoms with Crippen molar-refractivity contribution in [2.24, 2.45) is 0 Å². The van der Waals surface area contributed by atoms with Crippen molar-refractivity contribution >= 4 is 17.6 Å². The molecule has 2 heterocycles. The number of rotatable bonds is 3. The molecule has 1 saturated heterocycles. The quantitative estimate of drug-likeness (QED) is 0.713. The van der Waals surface area contributed by atoms with E-state index in [1.54, 1.807) is 11.3 Å². The Morgan fingerprint density at radius 3 is 2.86 bits per heavy atom. The Morgan fingerprint density at radius 1 is 1.36 bits per heavy atom. The van der Waals surface area contributed by atoms with Crippen LogP contribution in [0.5, 0.6) is 0 Å². The number of thiophene rings is 1. The van der Waals surface area contributed by atoms with Crippen LogP contribution in [-0.2, 0) is 6.54 Å². The smallest absolute Gasteiger partial charge is 0.160 e. The largest absolute Gasteiger partial charge is 0.299 e. The molecular formula is C11H15NOS. The van der Waals surface area contributed by atoms with Crippen LogP contribution in [0.4, 0.5) is 0 Å². The molecule has 0 saturated carbocycles. The number of carbonyl (C=O) groups is 1. The minimum atomic E-state index is 0.899. The SMILES string of the molecule is O=Cc1sccc1CN1CCCCC1. The van der Waals surface area contributed by atoms with Crippen LogP contribution in [0, 0.1) is 0 Å². The predicted octanol–water partition coefficient (Wildman–Crippen LogP) is 2.55. The van der Waals surface area contributed by atoms with Crippen LogP contribution in [0.1, 0.15) is 34.5 Å². The van der Waals surface area contributed by atoms with Gasteiger partial charge < -0.3 is 0 Å². The molecule has 1 aromatic rings. The molecule has 0 unspecified atom stereocenters. The maximum Gasteiger partial charge on any atom is 0.160 e. The number of hydrogen-bond acceptors (Lipinski definition) is 3. The highest BCUT2D eigenvalue weighted by Gasteiger charge is 2.12. The average Bonchev–Trinajstić information content (AvgIpc) is 2.67. The van der Waals surface area contributed by atoms with E-state index in [1.165, 1.54) is 37.9 Å². The van der Waals surface area contributed by atoms with Gasteiger partial charge >= 0.3 is 0 Å². The highest BCUT2D eigenvalue weighted by Crippen LogP contribution is 2.18. The Bertz CT molecular complexity index is 302. The van der Waals surface area contributed by atoms with Crippen LogP contribution in [0.15, 0.2) is 11.4 Å². The van der Waals surface area contributed by atoms with Gasteiger partial charge in [0, 0.05) is 6.54 Å². The Labute approximate surface area is 88.5 Å². The van der Waals surface area contributed by atoms with Gasteiger partial charge in [0.15, 0.2) is 6.29 Å². The summed E-state index contributed by atoms with van der Waals surface area (Å²) in [6.45, 7) is 3.33. The first-order valence-electron chi connectivity index (χ1n) is 5.14. The van der Waals surface area contributed by atoms with Crippen LogP contribution in [0.25, 0.3) is 0 Å². The Hall–Kier alpha value is -0.670. The van der Waals surface area contributed by atoms with Crippen molar-refractivity contribution in [3.8, 4) is 0 Å². The fourth-order valence-corrected chi connectivity index (χ4v) is 2.66. The Kier molecular flexibility index (Phi) is 3.32. The van der Waals surface area contributed by atoms with E-state index < -0.39 is 0 Å². The lowest BCUT2D eigenvalue weighted by atomic mass is 10.1.